The van der Waals surface area contributed by atoms with Gasteiger partial charge in [0.25, 0.3) is 5.91 Å². The van der Waals surface area contributed by atoms with Gasteiger partial charge in [0.1, 0.15) is 6.10 Å². The van der Waals surface area contributed by atoms with Crippen LogP contribution in [0.1, 0.15) is 57.1 Å². The van der Waals surface area contributed by atoms with Crippen LogP contribution >= 0.6 is 11.3 Å². The van der Waals surface area contributed by atoms with E-state index in [-0.39, 0.29) is 12.0 Å². The lowest BCUT2D eigenvalue weighted by Gasteiger charge is -2.56. The highest BCUT2D eigenvalue weighted by atomic mass is 32.1. The fourth-order valence-electron chi connectivity index (χ4n) is 5.97. The number of nitrogens with one attached hydrogen (secondary N) is 1. The van der Waals surface area contributed by atoms with Gasteiger partial charge in [-0.05, 0) is 69.1 Å². The van der Waals surface area contributed by atoms with Crippen LogP contribution in [-0.2, 0) is 14.9 Å². The number of ether oxygens (including phenoxy) is 1. The van der Waals surface area contributed by atoms with Crippen LogP contribution in [-0.4, -0.2) is 23.6 Å². The van der Waals surface area contributed by atoms with Crippen LogP contribution in [0.5, 0.6) is 0 Å². The van der Waals surface area contributed by atoms with E-state index in [1.807, 2.05) is 0 Å². The molecular weight excluding hydrogens is 308 g/mol. The number of aromatic nitrogens is 1. The number of hydrogen-bond donors (Lipinski definition) is 1. The first-order valence-corrected chi connectivity index (χ1v) is 9.97. The second-order valence-electron chi connectivity index (χ2n) is 8.23. The Kier molecular flexibility index (Phi) is 3.31. The Morgan fingerprint density at radius 2 is 1.91 bits per heavy atom. The van der Waals surface area contributed by atoms with Crippen molar-refractivity contribution in [3.8, 4) is 0 Å². The first kappa shape index (κ1) is 14.4. The zero-order chi connectivity index (χ0) is 15.4. The first-order chi connectivity index (χ1) is 11.2. The highest BCUT2D eigenvalue weighted by Crippen LogP contribution is 2.60. The van der Waals surface area contributed by atoms with Crippen molar-refractivity contribution in [3.05, 3.63) is 11.1 Å². The van der Waals surface area contributed by atoms with Gasteiger partial charge in [-0.1, -0.05) is 0 Å². The topological polar surface area (TPSA) is 51.2 Å². The molecule has 5 aliphatic rings. The van der Waals surface area contributed by atoms with Crippen molar-refractivity contribution in [3.63, 3.8) is 0 Å². The van der Waals surface area contributed by atoms with Crippen molar-refractivity contribution in [2.75, 3.05) is 11.9 Å². The average molecular weight is 332 g/mol. The van der Waals surface area contributed by atoms with E-state index in [0.717, 1.165) is 35.7 Å². The fourth-order valence-corrected chi connectivity index (χ4v) is 6.81. The molecule has 0 spiro atoms. The number of rotatable bonds is 3. The van der Waals surface area contributed by atoms with Gasteiger partial charge in [-0.25, -0.2) is 4.98 Å². The predicted molar refractivity (Wildman–Crippen MR) is 89.6 cm³/mol. The largest absolute Gasteiger partial charge is 0.368 e. The highest BCUT2D eigenvalue weighted by Gasteiger charge is 2.52. The van der Waals surface area contributed by atoms with Gasteiger partial charge < -0.3 is 4.74 Å². The van der Waals surface area contributed by atoms with E-state index in [2.05, 4.69) is 10.7 Å². The van der Waals surface area contributed by atoms with E-state index in [0.29, 0.717) is 12.0 Å². The molecule has 1 aliphatic heterocycles. The van der Waals surface area contributed by atoms with Crippen LogP contribution < -0.4 is 5.32 Å². The number of thiazole rings is 1. The second-order valence-corrected chi connectivity index (χ2v) is 9.08. The molecular formula is C18H24N2O2S. The third-order valence-electron chi connectivity index (χ3n) is 6.54. The monoisotopic (exact) mass is 332 g/mol. The normalized spacial score (nSPS) is 41.4. The molecule has 0 radical (unpaired) electrons. The Labute approximate surface area is 141 Å². The van der Waals surface area contributed by atoms with Gasteiger partial charge >= 0.3 is 0 Å². The minimum atomic E-state index is -0.276. The number of amides is 1. The molecule has 4 bridgehead atoms. The van der Waals surface area contributed by atoms with Gasteiger partial charge in [-0.2, -0.15) is 0 Å². The molecule has 2 heterocycles. The van der Waals surface area contributed by atoms with E-state index < -0.39 is 0 Å². The summed E-state index contributed by atoms with van der Waals surface area (Å²) < 4.78 is 5.46. The second kappa shape index (κ2) is 5.28. The molecule has 1 unspecified atom stereocenters. The first-order valence-electron chi connectivity index (χ1n) is 9.09. The van der Waals surface area contributed by atoms with Crippen molar-refractivity contribution in [1.82, 2.24) is 4.98 Å². The van der Waals surface area contributed by atoms with Crippen LogP contribution in [0, 0.1) is 17.8 Å². The summed E-state index contributed by atoms with van der Waals surface area (Å²) in [6, 6.07) is 0. The van der Waals surface area contributed by atoms with Crippen molar-refractivity contribution in [2.24, 2.45) is 17.8 Å². The van der Waals surface area contributed by atoms with Gasteiger partial charge in [0.05, 0.1) is 5.69 Å². The third kappa shape index (κ3) is 2.43. The maximum atomic E-state index is 12.2. The molecule has 5 heteroatoms. The number of carbonyl (C=O) groups excluding carboxylic acids is 1. The van der Waals surface area contributed by atoms with E-state index in [1.54, 1.807) is 11.3 Å². The van der Waals surface area contributed by atoms with Crippen LogP contribution in [0.15, 0.2) is 5.38 Å². The molecule has 6 rings (SSSR count). The zero-order valence-electron chi connectivity index (χ0n) is 13.4. The molecule has 23 heavy (non-hydrogen) atoms. The summed E-state index contributed by atoms with van der Waals surface area (Å²) in [6.07, 6.45) is 9.85. The van der Waals surface area contributed by atoms with Crippen molar-refractivity contribution >= 4 is 22.4 Å². The summed E-state index contributed by atoms with van der Waals surface area (Å²) >= 11 is 1.59. The fraction of sp³-hybridized carbons (Fsp3) is 0.778. The van der Waals surface area contributed by atoms with E-state index >= 15 is 0 Å². The lowest BCUT2D eigenvalue weighted by atomic mass is 9.49. The molecule has 1 N–H and O–H groups in total. The smallest absolute Gasteiger partial charge is 0.255 e. The lowest BCUT2D eigenvalue weighted by Crippen LogP contribution is -2.48. The molecule has 1 aromatic rings. The van der Waals surface area contributed by atoms with Crippen LogP contribution in [0.4, 0.5) is 5.13 Å². The van der Waals surface area contributed by atoms with Crippen LogP contribution in [0.2, 0.25) is 0 Å². The molecule has 1 amide bonds. The SMILES string of the molecule is O=C(Nc1nc(C23CC4CC(CC(C4)C2)C3)cs1)C1CCCO1. The van der Waals surface area contributed by atoms with Gasteiger partial charge in [0.15, 0.2) is 5.13 Å². The zero-order valence-corrected chi connectivity index (χ0v) is 14.2. The van der Waals surface area contributed by atoms with Crippen molar-refractivity contribution in [2.45, 2.75) is 62.9 Å². The standard InChI is InChI=1S/C18H24N2O2S/c21-16(14-2-1-3-22-14)20-17-19-15(10-23-17)18-7-11-4-12(8-18)6-13(5-11)9-18/h10-14H,1-9H2,(H,19,20,21). The Morgan fingerprint density at radius 3 is 2.52 bits per heavy atom. The molecule has 1 aromatic heterocycles. The highest BCUT2D eigenvalue weighted by molar-refractivity contribution is 7.14. The molecule has 1 saturated heterocycles. The minimum absolute atomic E-state index is 0.0195. The molecule has 0 aromatic carbocycles. The molecule has 5 fully saturated rings. The molecule has 4 aliphatic carbocycles. The molecule has 4 saturated carbocycles. The van der Waals surface area contributed by atoms with E-state index in [1.165, 1.54) is 44.2 Å². The maximum absolute atomic E-state index is 12.2. The van der Waals surface area contributed by atoms with Crippen LogP contribution in [0.3, 0.4) is 0 Å². The molecule has 1 atom stereocenters. The van der Waals surface area contributed by atoms with Gasteiger partial charge in [0, 0.05) is 17.4 Å². The maximum Gasteiger partial charge on any atom is 0.255 e. The average Bonchev–Trinajstić information content (AvgIpc) is 3.17. The number of carbonyl (C=O) groups is 1. The third-order valence-corrected chi connectivity index (χ3v) is 7.30. The molecule has 4 nitrogen and oxygen atoms in total. The Hall–Kier alpha value is -0.940. The van der Waals surface area contributed by atoms with Gasteiger partial charge in [-0.3, -0.25) is 10.1 Å². The summed E-state index contributed by atoms with van der Waals surface area (Å²) in [5.74, 6) is 2.75. The summed E-state index contributed by atoms with van der Waals surface area (Å²) in [6.45, 7) is 0.703. The Bertz CT molecular complexity index is 585. The Morgan fingerprint density at radius 1 is 1.22 bits per heavy atom. The Balaban J connectivity index is 1.34. The summed E-state index contributed by atoms with van der Waals surface area (Å²) in [4.78, 5) is 17.0. The van der Waals surface area contributed by atoms with Crippen molar-refractivity contribution in [1.29, 1.82) is 0 Å². The van der Waals surface area contributed by atoms with Crippen molar-refractivity contribution < 1.29 is 9.53 Å². The van der Waals surface area contributed by atoms with Crippen LogP contribution in [0.25, 0.3) is 0 Å². The van der Waals surface area contributed by atoms with E-state index in [9.17, 15) is 4.79 Å². The lowest BCUT2D eigenvalue weighted by molar-refractivity contribution is -0.124. The summed E-state index contributed by atoms with van der Waals surface area (Å²) in [5, 5.41) is 5.95. The number of anilines is 1. The predicted octanol–water partition coefficient (Wildman–Crippen LogP) is 3.73. The summed E-state index contributed by atoms with van der Waals surface area (Å²) in [5.41, 5.74) is 1.57. The number of nitrogens with zero attached hydrogens (tertiary/aromatic N) is 1. The van der Waals surface area contributed by atoms with Gasteiger partial charge in [0.2, 0.25) is 0 Å². The number of hydrogen-bond acceptors (Lipinski definition) is 4. The summed E-state index contributed by atoms with van der Waals surface area (Å²) in [7, 11) is 0. The minimum Gasteiger partial charge on any atom is -0.368 e. The van der Waals surface area contributed by atoms with E-state index in [4.69, 9.17) is 9.72 Å². The molecule has 124 valence electrons. The van der Waals surface area contributed by atoms with Gasteiger partial charge in [-0.15, -0.1) is 11.3 Å². The quantitative estimate of drug-likeness (QED) is 0.917.